The number of carbonyl (C=O) groups excluding carboxylic acids is 2. The molecule has 2 heterocycles. The molecule has 17 heavy (non-hydrogen) atoms. The van der Waals surface area contributed by atoms with Crippen molar-refractivity contribution in [1.29, 1.82) is 0 Å². The normalized spacial score (nSPS) is 29.1. The molecular formula is C12H18N2O3. The van der Waals surface area contributed by atoms with Crippen LogP contribution in [0.4, 0.5) is 0 Å². The van der Waals surface area contributed by atoms with E-state index < -0.39 is 5.97 Å². The topological polar surface area (TPSA) is 58.6 Å². The van der Waals surface area contributed by atoms with Crippen molar-refractivity contribution in [1.82, 2.24) is 10.2 Å². The molecule has 0 aromatic rings. The highest BCUT2D eigenvalue weighted by Crippen LogP contribution is 2.24. The summed E-state index contributed by atoms with van der Waals surface area (Å²) in [5.74, 6) is -0.631. The lowest BCUT2D eigenvalue weighted by Gasteiger charge is -2.39. The van der Waals surface area contributed by atoms with E-state index in [2.05, 4.69) is 21.9 Å². The molecule has 2 aliphatic rings. The Morgan fingerprint density at radius 1 is 1.65 bits per heavy atom. The second kappa shape index (κ2) is 4.87. The lowest BCUT2D eigenvalue weighted by Crippen LogP contribution is -2.53. The van der Waals surface area contributed by atoms with E-state index in [9.17, 15) is 9.59 Å². The van der Waals surface area contributed by atoms with Crippen LogP contribution in [-0.4, -0.2) is 49.6 Å². The molecule has 1 N–H and O–H groups in total. The Morgan fingerprint density at radius 3 is 3.06 bits per heavy atom. The minimum absolute atomic E-state index is 0.145. The van der Waals surface area contributed by atoms with Gasteiger partial charge in [0.15, 0.2) is 0 Å². The second-order valence-corrected chi connectivity index (χ2v) is 4.50. The molecule has 0 saturated carbocycles. The fourth-order valence-electron chi connectivity index (χ4n) is 2.49. The minimum atomic E-state index is -0.547. The van der Waals surface area contributed by atoms with Gasteiger partial charge in [-0.2, -0.15) is 0 Å². The number of fused-ring (bicyclic) bond motifs is 1. The smallest absolute Gasteiger partial charge is 0.343 e. The highest BCUT2D eigenvalue weighted by atomic mass is 16.5. The summed E-state index contributed by atoms with van der Waals surface area (Å²) in [5, 5.41) is 2.89. The second-order valence-electron chi connectivity index (χ2n) is 4.50. The molecule has 2 atom stereocenters. The first-order valence-corrected chi connectivity index (χ1v) is 5.99. The zero-order valence-corrected chi connectivity index (χ0v) is 10.2. The third-order valence-corrected chi connectivity index (χ3v) is 3.54. The Bertz CT molecular complexity index is 365. The molecule has 1 fully saturated rings. The fourth-order valence-corrected chi connectivity index (χ4v) is 2.49. The van der Waals surface area contributed by atoms with Crippen molar-refractivity contribution < 1.29 is 14.3 Å². The van der Waals surface area contributed by atoms with Crippen molar-refractivity contribution in [3.63, 3.8) is 0 Å². The number of nitrogens with one attached hydrogen (secondary N) is 1. The maximum Gasteiger partial charge on any atom is 0.343 e. The van der Waals surface area contributed by atoms with Gasteiger partial charge in [0.25, 0.3) is 5.91 Å². The molecule has 0 aromatic heterocycles. The van der Waals surface area contributed by atoms with Crippen LogP contribution in [0, 0.1) is 5.92 Å². The number of amides is 1. The quantitative estimate of drug-likeness (QED) is 0.540. The molecule has 0 unspecified atom stereocenters. The van der Waals surface area contributed by atoms with Gasteiger partial charge in [0, 0.05) is 25.0 Å². The highest BCUT2D eigenvalue weighted by Gasteiger charge is 2.35. The van der Waals surface area contributed by atoms with E-state index in [1.165, 1.54) is 7.11 Å². The number of ether oxygens (including phenoxy) is 1. The van der Waals surface area contributed by atoms with Gasteiger partial charge in [-0.1, -0.05) is 13.0 Å². The van der Waals surface area contributed by atoms with Gasteiger partial charge in [-0.05, 0) is 13.0 Å². The lowest BCUT2D eigenvalue weighted by atomic mass is 9.87. The Balaban J connectivity index is 2.17. The number of esters is 1. The zero-order valence-electron chi connectivity index (χ0n) is 10.2. The highest BCUT2D eigenvalue weighted by molar-refractivity contribution is 6.16. The molecule has 1 amide bonds. The molecule has 0 radical (unpaired) electrons. The van der Waals surface area contributed by atoms with E-state index >= 15 is 0 Å². The molecule has 0 aliphatic carbocycles. The average Bonchev–Trinajstić information content (AvgIpc) is 2.36. The van der Waals surface area contributed by atoms with Crippen LogP contribution in [-0.2, 0) is 14.3 Å². The summed E-state index contributed by atoms with van der Waals surface area (Å²) in [6, 6.07) is 0.165. The summed E-state index contributed by atoms with van der Waals surface area (Å²) < 4.78 is 4.61. The molecule has 2 rings (SSSR count). The van der Waals surface area contributed by atoms with Crippen LogP contribution in [0.3, 0.4) is 0 Å². The SMILES string of the molecule is CCN1CC[C@@H]2NC(=O)C(C(=O)OC)=C[C@@H]2C1. The van der Waals surface area contributed by atoms with E-state index in [0.717, 1.165) is 26.1 Å². The summed E-state index contributed by atoms with van der Waals surface area (Å²) in [7, 11) is 1.29. The van der Waals surface area contributed by atoms with Crippen molar-refractivity contribution in [2.75, 3.05) is 26.7 Å². The van der Waals surface area contributed by atoms with Crippen LogP contribution in [0.25, 0.3) is 0 Å². The molecule has 0 aromatic carbocycles. The van der Waals surface area contributed by atoms with Crippen LogP contribution >= 0.6 is 0 Å². The number of likely N-dealkylation sites (tertiary alicyclic amines) is 1. The van der Waals surface area contributed by atoms with Crippen molar-refractivity contribution in [2.24, 2.45) is 5.92 Å². The van der Waals surface area contributed by atoms with Gasteiger partial charge in [0.2, 0.25) is 0 Å². The molecule has 2 aliphatic heterocycles. The number of hydrogen-bond donors (Lipinski definition) is 1. The largest absolute Gasteiger partial charge is 0.465 e. The van der Waals surface area contributed by atoms with E-state index in [-0.39, 0.29) is 23.4 Å². The summed E-state index contributed by atoms with van der Waals surface area (Å²) in [6.45, 7) is 5.01. The third kappa shape index (κ3) is 2.34. The predicted octanol–water partition coefficient (Wildman–Crippen LogP) is -0.0740. The average molecular weight is 238 g/mol. The molecule has 1 saturated heterocycles. The number of nitrogens with zero attached hydrogens (tertiary/aromatic N) is 1. The van der Waals surface area contributed by atoms with Crippen molar-refractivity contribution in [2.45, 2.75) is 19.4 Å². The van der Waals surface area contributed by atoms with E-state index in [1.54, 1.807) is 6.08 Å². The minimum Gasteiger partial charge on any atom is -0.465 e. The molecule has 0 bridgehead atoms. The number of hydrogen-bond acceptors (Lipinski definition) is 4. The van der Waals surface area contributed by atoms with Crippen molar-refractivity contribution >= 4 is 11.9 Å². The van der Waals surface area contributed by atoms with Gasteiger partial charge in [-0.25, -0.2) is 4.79 Å². The van der Waals surface area contributed by atoms with E-state index in [1.807, 2.05) is 0 Å². The summed E-state index contributed by atoms with van der Waals surface area (Å²) in [6.07, 6.45) is 2.71. The van der Waals surface area contributed by atoms with Gasteiger partial charge in [0.05, 0.1) is 7.11 Å². The van der Waals surface area contributed by atoms with E-state index in [0.29, 0.717) is 0 Å². The first kappa shape index (κ1) is 12.1. The third-order valence-electron chi connectivity index (χ3n) is 3.54. The summed E-state index contributed by atoms with van der Waals surface area (Å²) in [5.41, 5.74) is 0.145. The van der Waals surface area contributed by atoms with Crippen LogP contribution in [0.15, 0.2) is 11.6 Å². The number of rotatable bonds is 2. The predicted molar refractivity (Wildman–Crippen MR) is 62.3 cm³/mol. The Labute approximate surface area is 101 Å². The Kier molecular flexibility index (Phi) is 3.47. The standard InChI is InChI=1S/C12H18N2O3/c1-3-14-5-4-10-8(7-14)6-9(11(15)13-10)12(16)17-2/h6,8,10H,3-5,7H2,1-2H3,(H,13,15)/t8-,10+/m1/s1. The molecule has 0 spiro atoms. The van der Waals surface area contributed by atoms with Crippen LogP contribution in [0.1, 0.15) is 13.3 Å². The number of piperidine rings is 1. The van der Waals surface area contributed by atoms with Gasteiger partial charge >= 0.3 is 5.97 Å². The van der Waals surface area contributed by atoms with Crippen LogP contribution < -0.4 is 5.32 Å². The maximum atomic E-state index is 11.7. The van der Waals surface area contributed by atoms with Crippen molar-refractivity contribution in [3.05, 3.63) is 11.6 Å². The van der Waals surface area contributed by atoms with Gasteiger partial charge < -0.3 is 15.0 Å². The molecule has 5 nitrogen and oxygen atoms in total. The number of methoxy groups -OCH3 is 1. The lowest BCUT2D eigenvalue weighted by molar-refractivity contribution is -0.138. The van der Waals surface area contributed by atoms with Crippen LogP contribution in [0.2, 0.25) is 0 Å². The maximum absolute atomic E-state index is 11.7. The Hall–Kier alpha value is -1.36. The van der Waals surface area contributed by atoms with Gasteiger partial charge in [-0.3, -0.25) is 4.79 Å². The molecular weight excluding hydrogens is 220 g/mol. The monoisotopic (exact) mass is 238 g/mol. The van der Waals surface area contributed by atoms with Crippen LogP contribution in [0.5, 0.6) is 0 Å². The summed E-state index contributed by atoms with van der Waals surface area (Å²) in [4.78, 5) is 25.5. The molecule has 5 heteroatoms. The van der Waals surface area contributed by atoms with Crippen molar-refractivity contribution in [3.8, 4) is 0 Å². The van der Waals surface area contributed by atoms with Gasteiger partial charge in [0.1, 0.15) is 5.57 Å². The number of carbonyl (C=O) groups is 2. The summed E-state index contributed by atoms with van der Waals surface area (Å²) >= 11 is 0. The van der Waals surface area contributed by atoms with E-state index in [4.69, 9.17) is 0 Å². The molecule has 94 valence electrons. The van der Waals surface area contributed by atoms with Gasteiger partial charge in [-0.15, -0.1) is 0 Å². The zero-order chi connectivity index (χ0) is 12.4. The fraction of sp³-hybridized carbons (Fsp3) is 0.667. The first-order chi connectivity index (χ1) is 8.15. The Morgan fingerprint density at radius 2 is 2.41 bits per heavy atom. The first-order valence-electron chi connectivity index (χ1n) is 5.99.